The quantitative estimate of drug-likeness (QED) is 0.601. The molecule has 0 aliphatic heterocycles. The molecule has 1 atom stereocenters. The van der Waals surface area contributed by atoms with Crippen LogP contribution in [-0.4, -0.2) is 17.5 Å². The number of unbranched alkanes of at least 4 members (excludes halogenated alkanes) is 1. The molecule has 0 amide bonds. The molecule has 2 nitrogen and oxygen atoms in total. The minimum Gasteiger partial charge on any atom is -0.310 e. The third-order valence-electron chi connectivity index (χ3n) is 2.04. The fourth-order valence-electron chi connectivity index (χ4n) is 1.29. The molecule has 80 valence electrons. The standard InChI is InChI=1S/C12H22N2/c1-5-7-8-11(4)14-12(6-2)9-10(3)13/h6,11,13H,2,5,7-9H2,1,3-4H3. The van der Waals surface area contributed by atoms with Gasteiger partial charge in [-0.3, -0.25) is 4.99 Å². The van der Waals surface area contributed by atoms with Crippen LogP contribution in [0.1, 0.15) is 46.5 Å². The van der Waals surface area contributed by atoms with E-state index in [1.54, 1.807) is 13.0 Å². The number of allylic oxidation sites excluding steroid dienone is 1. The first-order valence-electron chi connectivity index (χ1n) is 5.33. The molecule has 0 heterocycles. The summed E-state index contributed by atoms with van der Waals surface area (Å²) in [6.45, 7) is 9.83. The van der Waals surface area contributed by atoms with E-state index < -0.39 is 0 Å². The van der Waals surface area contributed by atoms with Crippen LogP contribution in [0.15, 0.2) is 17.6 Å². The summed E-state index contributed by atoms with van der Waals surface area (Å²) in [4.78, 5) is 4.53. The van der Waals surface area contributed by atoms with Gasteiger partial charge in [-0.05, 0) is 26.3 Å². The maximum Gasteiger partial charge on any atom is 0.0474 e. The molecule has 0 radical (unpaired) electrons. The van der Waals surface area contributed by atoms with Crippen LogP contribution in [0.25, 0.3) is 0 Å². The second-order valence-electron chi connectivity index (χ2n) is 3.77. The lowest BCUT2D eigenvalue weighted by Gasteiger charge is -2.07. The van der Waals surface area contributed by atoms with Crippen molar-refractivity contribution >= 4 is 11.4 Å². The summed E-state index contributed by atoms with van der Waals surface area (Å²) in [6.07, 6.45) is 5.97. The Hall–Kier alpha value is -0.920. The highest BCUT2D eigenvalue weighted by molar-refractivity contribution is 6.07. The molecule has 0 aliphatic rings. The number of nitrogens with one attached hydrogen (secondary N) is 1. The first kappa shape index (κ1) is 13.1. The molecular weight excluding hydrogens is 172 g/mol. The first-order chi connectivity index (χ1) is 6.60. The molecular formula is C12H22N2. The maximum atomic E-state index is 7.38. The highest BCUT2D eigenvalue weighted by atomic mass is 14.8. The molecule has 0 aromatic heterocycles. The van der Waals surface area contributed by atoms with E-state index in [-0.39, 0.29) is 0 Å². The minimum absolute atomic E-state index is 0.363. The smallest absolute Gasteiger partial charge is 0.0474 e. The fraction of sp³-hybridized carbons (Fsp3) is 0.667. The van der Waals surface area contributed by atoms with Gasteiger partial charge < -0.3 is 5.41 Å². The molecule has 0 saturated carbocycles. The summed E-state index contributed by atoms with van der Waals surface area (Å²) in [5.74, 6) is 0. The summed E-state index contributed by atoms with van der Waals surface area (Å²) < 4.78 is 0. The van der Waals surface area contributed by atoms with Gasteiger partial charge in [0.15, 0.2) is 0 Å². The van der Waals surface area contributed by atoms with Gasteiger partial charge >= 0.3 is 0 Å². The number of hydrogen-bond donors (Lipinski definition) is 1. The van der Waals surface area contributed by atoms with E-state index >= 15 is 0 Å². The Balaban J connectivity index is 4.13. The van der Waals surface area contributed by atoms with Gasteiger partial charge in [0.2, 0.25) is 0 Å². The Morgan fingerprint density at radius 2 is 2.21 bits per heavy atom. The lowest BCUT2D eigenvalue weighted by atomic mass is 10.1. The van der Waals surface area contributed by atoms with E-state index in [9.17, 15) is 0 Å². The second kappa shape index (κ2) is 7.48. The van der Waals surface area contributed by atoms with Gasteiger partial charge in [0.05, 0.1) is 0 Å². The summed E-state index contributed by atoms with van der Waals surface area (Å²) in [5, 5.41) is 7.38. The van der Waals surface area contributed by atoms with Crippen molar-refractivity contribution in [2.45, 2.75) is 52.5 Å². The highest BCUT2D eigenvalue weighted by Crippen LogP contribution is 2.05. The third kappa shape index (κ3) is 6.58. The zero-order chi connectivity index (χ0) is 11.0. The van der Waals surface area contributed by atoms with Crippen LogP contribution in [0.4, 0.5) is 0 Å². The molecule has 1 N–H and O–H groups in total. The van der Waals surface area contributed by atoms with Crippen LogP contribution in [0, 0.1) is 5.41 Å². The molecule has 0 aliphatic carbocycles. The average molecular weight is 194 g/mol. The third-order valence-corrected chi connectivity index (χ3v) is 2.04. The van der Waals surface area contributed by atoms with Crippen LogP contribution >= 0.6 is 0 Å². The fourth-order valence-corrected chi connectivity index (χ4v) is 1.29. The number of hydrogen-bond acceptors (Lipinski definition) is 2. The van der Waals surface area contributed by atoms with E-state index in [2.05, 4.69) is 25.4 Å². The first-order valence-corrected chi connectivity index (χ1v) is 5.33. The van der Waals surface area contributed by atoms with E-state index in [1.165, 1.54) is 12.8 Å². The monoisotopic (exact) mass is 194 g/mol. The molecule has 0 fully saturated rings. The Labute approximate surface area is 87.6 Å². The van der Waals surface area contributed by atoms with Gasteiger partial charge in [0, 0.05) is 23.9 Å². The zero-order valence-corrected chi connectivity index (χ0v) is 9.64. The molecule has 0 spiro atoms. The highest BCUT2D eigenvalue weighted by Gasteiger charge is 2.01. The van der Waals surface area contributed by atoms with Crippen LogP contribution < -0.4 is 0 Å². The van der Waals surface area contributed by atoms with Crippen molar-refractivity contribution in [1.29, 1.82) is 5.41 Å². The molecule has 0 bridgehead atoms. The molecule has 14 heavy (non-hydrogen) atoms. The second-order valence-corrected chi connectivity index (χ2v) is 3.77. The lowest BCUT2D eigenvalue weighted by molar-refractivity contribution is 0.617. The van der Waals surface area contributed by atoms with Crippen LogP contribution in [0.2, 0.25) is 0 Å². The van der Waals surface area contributed by atoms with Crippen LogP contribution in [0.5, 0.6) is 0 Å². The summed E-state index contributed by atoms with van der Waals surface area (Å²) in [7, 11) is 0. The minimum atomic E-state index is 0.363. The van der Waals surface area contributed by atoms with E-state index in [4.69, 9.17) is 5.41 Å². The predicted molar refractivity (Wildman–Crippen MR) is 64.6 cm³/mol. The molecule has 0 aromatic rings. The molecule has 0 rings (SSSR count). The van der Waals surface area contributed by atoms with Crippen molar-refractivity contribution in [2.24, 2.45) is 4.99 Å². The molecule has 0 saturated heterocycles. The molecule has 2 heteroatoms. The SMILES string of the molecule is C=CC(CC(C)=N)=NC(C)CCCC. The Morgan fingerprint density at radius 1 is 1.57 bits per heavy atom. The van der Waals surface area contributed by atoms with E-state index in [0.717, 1.165) is 12.1 Å². The number of rotatable bonds is 7. The Bertz CT molecular complexity index is 216. The maximum absolute atomic E-state index is 7.38. The van der Waals surface area contributed by atoms with Gasteiger partial charge in [-0.2, -0.15) is 0 Å². The summed E-state index contributed by atoms with van der Waals surface area (Å²) >= 11 is 0. The average Bonchev–Trinajstić information content (AvgIpc) is 2.12. The number of aliphatic imine (C=N–C) groups is 1. The van der Waals surface area contributed by atoms with Gasteiger partial charge in [-0.25, -0.2) is 0 Å². The van der Waals surface area contributed by atoms with Gasteiger partial charge in [0.1, 0.15) is 0 Å². The van der Waals surface area contributed by atoms with Crippen molar-refractivity contribution in [3.8, 4) is 0 Å². The van der Waals surface area contributed by atoms with Crippen molar-refractivity contribution in [3.05, 3.63) is 12.7 Å². The van der Waals surface area contributed by atoms with Crippen LogP contribution in [-0.2, 0) is 0 Å². The molecule has 0 aromatic carbocycles. The van der Waals surface area contributed by atoms with Crippen LogP contribution in [0.3, 0.4) is 0 Å². The Kier molecular flexibility index (Phi) is 6.99. The lowest BCUT2D eigenvalue weighted by Crippen LogP contribution is -2.06. The zero-order valence-electron chi connectivity index (χ0n) is 9.64. The predicted octanol–water partition coefficient (Wildman–Crippen LogP) is 3.62. The topological polar surface area (TPSA) is 36.2 Å². The van der Waals surface area contributed by atoms with Crippen molar-refractivity contribution in [1.82, 2.24) is 0 Å². The van der Waals surface area contributed by atoms with Gasteiger partial charge in [-0.15, -0.1) is 0 Å². The summed E-state index contributed by atoms with van der Waals surface area (Å²) in [6, 6.07) is 0.363. The normalized spacial score (nSPS) is 13.8. The van der Waals surface area contributed by atoms with E-state index in [1.807, 2.05) is 0 Å². The van der Waals surface area contributed by atoms with Gasteiger partial charge in [0.25, 0.3) is 0 Å². The van der Waals surface area contributed by atoms with E-state index in [0.29, 0.717) is 18.2 Å². The number of nitrogens with zero attached hydrogens (tertiary/aromatic N) is 1. The summed E-state index contributed by atoms with van der Waals surface area (Å²) in [5.41, 5.74) is 1.59. The molecule has 1 unspecified atom stereocenters. The Morgan fingerprint density at radius 3 is 2.64 bits per heavy atom. The largest absolute Gasteiger partial charge is 0.310 e. The van der Waals surface area contributed by atoms with Gasteiger partial charge in [-0.1, -0.05) is 26.3 Å². The van der Waals surface area contributed by atoms with Crippen molar-refractivity contribution < 1.29 is 0 Å². The van der Waals surface area contributed by atoms with Crippen molar-refractivity contribution in [3.63, 3.8) is 0 Å². The van der Waals surface area contributed by atoms with Crippen molar-refractivity contribution in [2.75, 3.05) is 0 Å².